The predicted molar refractivity (Wildman–Crippen MR) is 97.8 cm³/mol. The molecule has 0 saturated carbocycles. The molecular formula is C21H24N2O2. The van der Waals surface area contributed by atoms with E-state index in [1.54, 1.807) is 4.90 Å². The molecule has 0 unspecified atom stereocenters. The first-order chi connectivity index (χ1) is 12.1. The van der Waals surface area contributed by atoms with Crippen LogP contribution in [0.4, 0.5) is 0 Å². The fourth-order valence-electron chi connectivity index (χ4n) is 3.20. The van der Waals surface area contributed by atoms with Gasteiger partial charge in [0, 0.05) is 13.1 Å². The van der Waals surface area contributed by atoms with Gasteiger partial charge in [0.25, 0.3) is 0 Å². The average molecular weight is 336 g/mol. The highest BCUT2D eigenvalue weighted by molar-refractivity contribution is 6.35. The van der Waals surface area contributed by atoms with Gasteiger partial charge in [-0.25, -0.2) is 0 Å². The zero-order valence-corrected chi connectivity index (χ0v) is 14.5. The highest BCUT2D eigenvalue weighted by Gasteiger charge is 2.27. The SMILES string of the molecule is CC1CCN(C(=O)C(=O)NC(c2ccccc2)c2ccccc2)CC1. The van der Waals surface area contributed by atoms with Crippen LogP contribution >= 0.6 is 0 Å². The van der Waals surface area contributed by atoms with Crippen LogP contribution < -0.4 is 5.32 Å². The normalized spacial score (nSPS) is 15.2. The molecule has 1 saturated heterocycles. The van der Waals surface area contributed by atoms with E-state index in [1.807, 2.05) is 60.7 Å². The molecule has 1 N–H and O–H groups in total. The van der Waals surface area contributed by atoms with Crippen LogP contribution in [0.2, 0.25) is 0 Å². The Balaban J connectivity index is 1.76. The van der Waals surface area contributed by atoms with Crippen molar-refractivity contribution in [2.24, 2.45) is 5.92 Å². The average Bonchev–Trinajstić information content (AvgIpc) is 2.67. The minimum absolute atomic E-state index is 0.331. The van der Waals surface area contributed by atoms with Crippen molar-refractivity contribution < 1.29 is 9.59 Å². The van der Waals surface area contributed by atoms with Gasteiger partial charge in [-0.1, -0.05) is 67.6 Å². The number of nitrogens with zero attached hydrogens (tertiary/aromatic N) is 1. The summed E-state index contributed by atoms with van der Waals surface area (Å²) >= 11 is 0. The van der Waals surface area contributed by atoms with E-state index in [1.165, 1.54) is 0 Å². The first kappa shape index (κ1) is 17.2. The van der Waals surface area contributed by atoms with Gasteiger partial charge in [0.1, 0.15) is 0 Å². The first-order valence-corrected chi connectivity index (χ1v) is 8.85. The molecule has 0 spiro atoms. The lowest BCUT2D eigenvalue weighted by atomic mass is 9.98. The number of hydrogen-bond donors (Lipinski definition) is 1. The van der Waals surface area contributed by atoms with E-state index in [0.717, 1.165) is 24.0 Å². The third-order valence-electron chi connectivity index (χ3n) is 4.81. The zero-order chi connectivity index (χ0) is 17.6. The highest BCUT2D eigenvalue weighted by atomic mass is 16.2. The summed E-state index contributed by atoms with van der Waals surface area (Å²) in [5.41, 5.74) is 1.92. The van der Waals surface area contributed by atoms with Crippen LogP contribution in [0.5, 0.6) is 0 Å². The second-order valence-electron chi connectivity index (χ2n) is 6.70. The smallest absolute Gasteiger partial charge is 0.311 e. The quantitative estimate of drug-likeness (QED) is 0.876. The molecule has 1 aliphatic rings. The van der Waals surface area contributed by atoms with E-state index in [-0.39, 0.29) is 6.04 Å². The summed E-state index contributed by atoms with van der Waals surface area (Å²) in [5.74, 6) is -0.343. The van der Waals surface area contributed by atoms with E-state index in [4.69, 9.17) is 0 Å². The number of amides is 2. The maximum Gasteiger partial charge on any atom is 0.311 e. The van der Waals surface area contributed by atoms with Crippen LogP contribution in [-0.2, 0) is 9.59 Å². The number of carbonyl (C=O) groups is 2. The van der Waals surface area contributed by atoms with Crippen molar-refractivity contribution in [2.45, 2.75) is 25.8 Å². The molecule has 0 bridgehead atoms. The lowest BCUT2D eigenvalue weighted by Crippen LogP contribution is -2.47. The van der Waals surface area contributed by atoms with Gasteiger partial charge in [-0.2, -0.15) is 0 Å². The molecule has 25 heavy (non-hydrogen) atoms. The van der Waals surface area contributed by atoms with Crippen LogP contribution in [0, 0.1) is 5.92 Å². The summed E-state index contributed by atoms with van der Waals surface area (Å²) in [5, 5.41) is 2.93. The predicted octanol–water partition coefficient (Wildman–Crippen LogP) is 3.15. The Bertz CT molecular complexity index is 668. The van der Waals surface area contributed by atoms with Crippen LogP contribution in [0.25, 0.3) is 0 Å². The first-order valence-electron chi connectivity index (χ1n) is 8.85. The van der Waals surface area contributed by atoms with Gasteiger partial charge in [-0.3, -0.25) is 9.59 Å². The van der Waals surface area contributed by atoms with Gasteiger partial charge < -0.3 is 10.2 Å². The maximum absolute atomic E-state index is 12.6. The van der Waals surface area contributed by atoms with Gasteiger partial charge in [-0.15, -0.1) is 0 Å². The monoisotopic (exact) mass is 336 g/mol. The highest BCUT2D eigenvalue weighted by Crippen LogP contribution is 2.22. The minimum Gasteiger partial charge on any atom is -0.337 e. The van der Waals surface area contributed by atoms with Crippen LogP contribution in [0.15, 0.2) is 60.7 Å². The van der Waals surface area contributed by atoms with E-state index >= 15 is 0 Å². The molecule has 2 amide bonds. The Labute approximate surface area is 148 Å². The molecule has 1 fully saturated rings. The second kappa shape index (κ2) is 7.97. The zero-order valence-electron chi connectivity index (χ0n) is 14.5. The molecule has 4 heteroatoms. The van der Waals surface area contributed by atoms with Gasteiger partial charge in [0.2, 0.25) is 0 Å². The van der Waals surface area contributed by atoms with Gasteiger partial charge in [-0.05, 0) is 29.9 Å². The van der Waals surface area contributed by atoms with Crippen LogP contribution in [0.1, 0.15) is 36.9 Å². The lowest BCUT2D eigenvalue weighted by Gasteiger charge is -2.30. The molecule has 2 aromatic rings. The fraction of sp³-hybridized carbons (Fsp3) is 0.333. The third kappa shape index (κ3) is 4.27. The molecule has 3 rings (SSSR count). The number of hydrogen-bond acceptors (Lipinski definition) is 2. The van der Waals surface area contributed by atoms with E-state index < -0.39 is 11.8 Å². The van der Waals surface area contributed by atoms with Crippen molar-refractivity contribution in [1.29, 1.82) is 0 Å². The Morgan fingerprint density at radius 1 is 0.920 bits per heavy atom. The fourth-order valence-corrected chi connectivity index (χ4v) is 3.20. The maximum atomic E-state index is 12.6. The number of carbonyl (C=O) groups excluding carboxylic acids is 2. The standard InChI is InChI=1S/C21H24N2O2/c1-16-12-14-23(15-13-16)21(25)20(24)22-19(17-8-4-2-5-9-17)18-10-6-3-7-11-18/h2-11,16,19H,12-15H2,1H3,(H,22,24). The van der Waals surface area contributed by atoms with Crippen molar-refractivity contribution >= 4 is 11.8 Å². The number of benzene rings is 2. The molecule has 1 aliphatic heterocycles. The summed E-state index contributed by atoms with van der Waals surface area (Å²) in [6.45, 7) is 3.51. The molecule has 0 radical (unpaired) electrons. The Morgan fingerprint density at radius 3 is 1.88 bits per heavy atom. The summed E-state index contributed by atoms with van der Waals surface area (Å²) in [6.07, 6.45) is 1.92. The molecule has 4 nitrogen and oxygen atoms in total. The largest absolute Gasteiger partial charge is 0.337 e. The Hall–Kier alpha value is -2.62. The second-order valence-corrected chi connectivity index (χ2v) is 6.70. The van der Waals surface area contributed by atoms with Crippen LogP contribution in [0.3, 0.4) is 0 Å². The van der Waals surface area contributed by atoms with E-state index in [2.05, 4.69) is 12.2 Å². The van der Waals surface area contributed by atoms with Gasteiger partial charge in [0.05, 0.1) is 6.04 Å². The molecule has 130 valence electrons. The molecular weight excluding hydrogens is 312 g/mol. The third-order valence-corrected chi connectivity index (χ3v) is 4.81. The summed E-state index contributed by atoms with van der Waals surface area (Å²) in [6, 6.07) is 19.1. The Kier molecular flexibility index (Phi) is 5.49. The molecule has 1 heterocycles. The van der Waals surface area contributed by atoms with Gasteiger partial charge in [0.15, 0.2) is 0 Å². The number of piperidine rings is 1. The van der Waals surface area contributed by atoms with Crippen molar-refractivity contribution in [3.05, 3.63) is 71.8 Å². The van der Waals surface area contributed by atoms with Crippen LogP contribution in [-0.4, -0.2) is 29.8 Å². The number of nitrogens with one attached hydrogen (secondary N) is 1. The molecule has 0 aliphatic carbocycles. The number of rotatable bonds is 3. The minimum atomic E-state index is -0.535. The lowest BCUT2D eigenvalue weighted by molar-refractivity contribution is -0.147. The molecule has 2 aromatic carbocycles. The summed E-state index contributed by atoms with van der Waals surface area (Å²) in [7, 11) is 0. The Morgan fingerprint density at radius 2 is 1.40 bits per heavy atom. The number of likely N-dealkylation sites (tertiary alicyclic amines) is 1. The van der Waals surface area contributed by atoms with E-state index in [0.29, 0.717) is 19.0 Å². The molecule has 0 atom stereocenters. The van der Waals surface area contributed by atoms with Gasteiger partial charge >= 0.3 is 11.8 Å². The summed E-state index contributed by atoms with van der Waals surface area (Å²) in [4.78, 5) is 26.8. The van der Waals surface area contributed by atoms with Crippen molar-refractivity contribution in [3.8, 4) is 0 Å². The van der Waals surface area contributed by atoms with E-state index in [9.17, 15) is 9.59 Å². The topological polar surface area (TPSA) is 49.4 Å². The van der Waals surface area contributed by atoms with Crippen molar-refractivity contribution in [2.75, 3.05) is 13.1 Å². The molecule has 0 aromatic heterocycles. The summed E-state index contributed by atoms with van der Waals surface area (Å²) < 4.78 is 0. The van der Waals surface area contributed by atoms with Crippen molar-refractivity contribution in [1.82, 2.24) is 10.2 Å². The van der Waals surface area contributed by atoms with Crippen molar-refractivity contribution in [3.63, 3.8) is 0 Å².